The molecule has 4 heteroatoms. The van der Waals surface area contributed by atoms with Gasteiger partial charge in [-0.3, -0.25) is 0 Å². The number of rotatable bonds is 7. The normalized spacial score (nSPS) is 12.7. The lowest BCUT2D eigenvalue weighted by molar-refractivity contribution is 0.288. The monoisotopic (exact) mass is 400 g/mol. The van der Waals surface area contributed by atoms with Crippen LogP contribution in [0, 0.1) is 0 Å². The van der Waals surface area contributed by atoms with E-state index in [-0.39, 0.29) is 11.7 Å². The van der Waals surface area contributed by atoms with E-state index in [1.165, 1.54) is 11.1 Å². The Morgan fingerprint density at radius 1 is 1.00 bits per heavy atom. The summed E-state index contributed by atoms with van der Waals surface area (Å²) in [5, 5.41) is 6.83. The summed E-state index contributed by atoms with van der Waals surface area (Å²) in [6.45, 7) is 3.56. The van der Waals surface area contributed by atoms with E-state index >= 15 is 0 Å². The number of nitrogens with zero attached hydrogens (tertiary/aromatic N) is 1. The SMILES string of the molecule is CCc1ccc([C@H](CNCc2cc(=O)oc3ccc4ccccc4c23)N(C)C)cc1. The minimum absolute atomic E-state index is 0.249. The topological polar surface area (TPSA) is 45.5 Å². The standard InChI is InChI=1S/C26H28N2O2/c1-4-18-9-11-20(12-10-18)23(28(2)3)17-27-16-21-15-25(29)30-24-14-13-19-7-5-6-8-22(19)26(21)24/h5-15,23,27H,4,16-17H2,1-3H3/t23-/m0/s1. The van der Waals surface area contributed by atoms with Crippen molar-refractivity contribution in [3.8, 4) is 0 Å². The fourth-order valence-corrected chi connectivity index (χ4v) is 4.08. The molecule has 0 aliphatic rings. The summed E-state index contributed by atoms with van der Waals surface area (Å²) in [7, 11) is 4.19. The molecule has 0 saturated carbocycles. The van der Waals surface area contributed by atoms with E-state index in [9.17, 15) is 4.79 Å². The van der Waals surface area contributed by atoms with Crippen molar-refractivity contribution in [1.29, 1.82) is 0 Å². The molecule has 3 aromatic carbocycles. The summed E-state index contributed by atoms with van der Waals surface area (Å²) in [5.74, 6) is 0. The van der Waals surface area contributed by atoms with Crippen molar-refractivity contribution >= 4 is 21.7 Å². The van der Waals surface area contributed by atoms with Crippen LogP contribution in [-0.4, -0.2) is 25.5 Å². The Balaban J connectivity index is 1.60. The van der Waals surface area contributed by atoms with Gasteiger partial charge in [0.05, 0.1) is 0 Å². The minimum Gasteiger partial charge on any atom is -0.423 e. The second kappa shape index (κ2) is 8.82. The van der Waals surface area contributed by atoms with Crippen LogP contribution in [0.4, 0.5) is 0 Å². The molecule has 0 spiro atoms. The quantitative estimate of drug-likeness (QED) is 0.354. The van der Waals surface area contributed by atoms with E-state index in [1.807, 2.05) is 24.3 Å². The third kappa shape index (κ3) is 4.16. The Labute approximate surface area is 177 Å². The van der Waals surface area contributed by atoms with E-state index in [4.69, 9.17) is 4.42 Å². The Bertz CT molecular complexity index is 1210. The minimum atomic E-state index is -0.311. The van der Waals surface area contributed by atoms with Gasteiger partial charge in [-0.2, -0.15) is 0 Å². The third-order valence-corrected chi connectivity index (χ3v) is 5.76. The Hall–Kier alpha value is -2.95. The zero-order valence-electron chi connectivity index (χ0n) is 17.8. The number of benzene rings is 3. The van der Waals surface area contributed by atoms with Crippen molar-refractivity contribution < 1.29 is 4.42 Å². The smallest absolute Gasteiger partial charge is 0.336 e. The van der Waals surface area contributed by atoms with Gasteiger partial charge in [0.2, 0.25) is 0 Å². The highest BCUT2D eigenvalue weighted by Gasteiger charge is 2.15. The van der Waals surface area contributed by atoms with E-state index in [2.05, 4.69) is 67.6 Å². The number of nitrogens with one attached hydrogen (secondary N) is 1. The van der Waals surface area contributed by atoms with Crippen molar-refractivity contribution in [1.82, 2.24) is 10.2 Å². The lowest BCUT2D eigenvalue weighted by Crippen LogP contribution is -2.31. The van der Waals surface area contributed by atoms with Gasteiger partial charge in [0.25, 0.3) is 0 Å². The maximum absolute atomic E-state index is 12.1. The summed E-state index contributed by atoms with van der Waals surface area (Å²) < 4.78 is 5.48. The van der Waals surface area contributed by atoms with Crippen molar-refractivity contribution in [3.05, 3.63) is 93.8 Å². The molecule has 1 atom stereocenters. The van der Waals surface area contributed by atoms with Crippen LogP contribution in [-0.2, 0) is 13.0 Å². The molecule has 0 amide bonds. The first-order chi connectivity index (χ1) is 14.6. The van der Waals surface area contributed by atoms with E-state index in [0.29, 0.717) is 12.1 Å². The van der Waals surface area contributed by atoms with Crippen LogP contribution in [0.25, 0.3) is 21.7 Å². The molecule has 0 radical (unpaired) electrons. The van der Waals surface area contributed by atoms with Crippen LogP contribution in [0.5, 0.6) is 0 Å². The highest BCUT2D eigenvalue weighted by atomic mass is 16.4. The fraction of sp³-hybridized carbons (Fsp3) is 0.269. The zero-order chi connectivity index (χ0) is 21.1. The molecule has 30 heavy (non-hydrogen) atoms. The maximum Gasteiger partial charge on any atom is 0.336 e. The van der Waals surface area contributed by atoms with Crippen LogP contribution in [0.2, 0.25) is 0 Å². The average molecular weight is 401 g/mol. The lowest BCUT2D eigenvalue weighted by Gasteiger charge is -2.25. The van der Waals surface area contributed by atoms with E-state index < -0.39 is 0 Å². The molecule has 0 unspecified atom stereocenters. The van der Waals surface area contributed by atoms with Crippen LogP contribution >= 0.6 is 0 Å². The van der Waals surface area contributed by atoms with Crippen molar-refractivity contribution in [2.24, 2.45) is 0 Å². The van der Waals surface area contributed by atoms with Crippen LogP contribution < -0.4 is 10.9 Å². The predicted molar refractivity (Wildman–Crippen MR) is 124 cm³/mol. The number of aryl methyl sites for hydroxylation is 1. The first-order valence-corrected chi connectivity index (χ1v) is 10.5. The molecule has 154 valence electrons. The van der Waals surface area contributed by atoms with Gasteiger partial charge in [-0.25, -0.2) is 4.79 Å². The molecule has 1 N–H and O–H groups in total. The number of hydrogen-bond acceptors (Lipinski definition) is 4. The lowest BCUT2D eigenvalue weighted by atomic mass is 10.0. The molecular weight excluding hydrogens is 372 g/mol. The van der Waals surface area contributed by atoms with Gasteiger partial charge in [-0.1, -0.05) is 61.5 Å². The average Bonchev–Trinajstić information content (AvgIpc) is 2.76. The van der Waals surface area contributed by atoms with Crippen molar-refractivity contribution in [3.63, 3.8) is 0 Å². The van der Waals surface area contributed by atoms with Gasteiger partial charge in [-0.15, -0.1) is 0 Å². The van der Waals surface area contributed by atoms with E-state index in [1.54, 1.807) is 6.07 Å². The Kier molecular flexibility index (Phi) is 5.98. The summed E-state index contributed by atoms with van der Waals surface area (Å²) in [6.07, 6.45) is 1.04. The highest BCUT2D eigenvalue weighted by Crippen LogP contribution is 2.27. The second-order valence-corrected chi connectivity index (χ2v) is 7.96. The van der Waals surface area contributed by atoms with E-state index in [0.717, 1.165) is 34.7 Å². The highest BCUT2D eigenvalue weighted by molar-refractivity contribution is 6.07. The van der Waals surface area contributed by atoms with Crippen molar-refractivity contribution in [2.75, 3.05) is 20.6 Å². The summed E-state index contributed by atoms with van der Waals surface area (Å²) in [4.78, 5) is 14.3. The van der Waals surface area contributed by atoms with Gasteiger partial charge in [0.15, 0.2) is 0 Å². The molecule has 0 aliphatic carbocycles. The predicted octanol–water partition coefficient (Wildman–Crippen LogP) is 4.90. The molecule has 0 bridgehead atoms. The van der Waals surface area contributed by atoms with Gasteiger partial charge < -0.3 is 14.6 Å². The largest absolute Gasteiger partial charge is 0.423 e. The van der Waals surface area contributed by atoms with Crippen LogP contribution in [0.15, 0.2) is 75.9 Å². The van der Waals surface area contributed by atoms with Gasteiger partial charge in [0, 0.05) is 30.6 Å². The molecule has 0 fully saturated rings. The summed E-state index contributed by atoms with van der Waals surface area (Å²) in [5.41, 5.74) is 3.93. The van der Waals surface area contributed by atoms with Gasteiger partial charge in [0.1, 0.15) is 5.58 Å². The molecule has 4 nitrogen and oxygen atoms in total. The Morgan fingerprint density at radius 3 is 2.50 bits per heavy atom. The number of hydrogen-bond donors (Lipinski definition) is 1. The fourth-order valence-electron chi connectivity index (χ4n) is 4.08. The molecule has 0 aliphatic heterocycles. The van der Waals surface area contributed by atoms with Crippen LogP contribution in [0.1, 0.15) is 29.7 Å². The first-order valence-electron chi connectivity index (χ1n) is 10.5. The van der Waals surface area contributed by atoms with Crippen LogP contribution in [0.3, 0.4) is 0 Å². The molecular formula is C26H28N2O2. The Morgan fingerprint density at radius 2 is 1.77 bits per heavy atom. The third-order valence-electron chi connectivity index (χ3n) is 5.76. The number of fused-ring (bicyclic) bond motifs is 3. The van der Waals surface area contributed by atoms with Gasteiger partial charge >= 0.3 is 5.63 Å². The summed E-state index contributed by atoms with van der Waals surface area (Å²) in [6, 6.07) is 22.8. The zero-order valence-corrected chi connectivity index (χ0v) is 17.8. The molecule has 1 heterocycles. The van der Waals surface area contributed by atoms with Gasteiger partial charge in [-0.05, 0) is 54.0 Å². The van der Waals surface area contributed by atoms with Crippen molar-refractivity contribution in [2.45, 2.75) is 25.9 Å². The molecule has 4 rings (SSSR count). The molecule has 4 aromatic rings. The molecule has 0 saturated heterocycles. The number of likely N-dealkylation sites (N-methyl/N-ethyl adjacent to an activating group) is 1. The first kappa shape index (κ1) is 20.3. The maximum atomic E-state index is 12.1. The second-order valence-electron chi connectivity index (χ2n) is 7.96. The summed E-state index contributed by atoms with van der Waals surface area (Å²) >= 11 is 0. The molecule has 1 aromatic heterocycles.